The van der Waals surface area contributed by atoms with Crippen LogP contribution in [0, 0.1) is 0 Å². The lowest BCUT2D eigenvalue weighted by atomic mass is 10.3. The van der Waals surface area contributed by atoms with E-state index in [9.17, 15) is 13.2 Å². The van der Waals surface area contributed by atoms with E-state index in [1.165, 1.54) is 42.9 Å². The third kappa shape index (κ3) is 4.16. The second-order valence-corrected chi connectivity index (χ2v) is 7.25. The first-order valence-electron chi connectivity index (χ1n) is 7.40. The number of nitrogens with one attached hydrogen (secondary N) is 2. The van der Waals surface area contributed by atoms with Crippen molar-refractivity contribution in [1.82, 2.24) is 9.97 Å². The van der Waals surface area contributed by atoms with Gasteiger partial charge in [0.2, 0.25) is 0 Å². The molecule has 0 radical (unpaired) electrons. The fourth-order valence-electron chi connectivity index (χ4n) is 2.09. The van der Waals surface area contributed by atoms with E-state index in [0.29, 0.717) is 10.7 Å². The van der Waals surface area contributed by atoms with Crippen molar-refractivity contribution in [2.24, 2.45) is 0 Å². The zero-order chi connectivity index (χ0) is 18.6. The third-order valence-corrected chi connectivity index (χ3v) is 5.07. The van der Waals surface area contributed by atoms with Gasteiger partial charge < -0.3 is 5.32 Å². The quantitative estimate of drug-likeness (QED) is 0.699. The van der Waals surface area contributed by atoms with Crippen molar-refractivity contribution in [1.29, 1.82) is 0 Å². The molecule has 0 saturated heterocycles. The minimum absolute atomic E-state index is 0.0393. The molecule has 0 atom stereocenters. The van der Waals surface area contributed by atoms with Gasteiger partial charge in [-0.2, -0.15) is 0 Å². The van der Waals surface area contributed by atoms with Gasteiger partial charge in [-0.1, -0.05) is 23.7 Å². The van der Waals surface area contributed by atoms with Gasteiger partial charge in [0.15, 0.2) is 0 Å². The van der Waals surface area contributed by atoms with Crippen molar-refractivity contribution in [2.75, 3.05) is 10.0 Å². The number of hydrogen-bond donors (Lipinski definition) is 2. The molecule has 2 N–H and O–H groups in total. The highest BCUT2D eigenvalue weighted by atomic mass is 35.5. The summed E-state index contributed by atoms with van der Waals surface area (Å²) in [6.07, 6.45) is 2.73. The molecule has 0 unspecified atom stereocenters. The number of amides is 1. The Bertz CT molecular complexity index is 1030. The van der Waals surface area contributed by atoms with E-state index < -0.39 is 15.9 Å². The number of carbonyl (C=O) groups excluding carboxylic acids is 1. The minimum Gasteiger partial charge on any atom is -0.321 e. The van der Waals surface area contributed by atoms with Crippen LogP contribution < -0.4 is 10.0 Å². The Hall–Kier alpha value is -2.97. The molecule has 9 heteroatoms. The molecule has 0 saturated carbocycles. The maximum absolute atomic E-state index is 12.4. The maximum atomic E-state index is 12.4. The van der Waals surface area contributed by atoms with Crippen LogP contribution in [0.1, 0.15) is 10.5 Å². The minimum atomic E-state index is -3.80. The highest BCUT2D eigenvalue weighted by Gasteiger charge is 2.16. The number of hydrogen-bond acceptors (Lipinski definition) is 5. The lowest BCUT2D eigenvalue weighted by molar-refractivity contribution is 0.102. The predicted molar refractivity (Wildman–Crippen MR) is 98.7 cm³/mol. The summed E-state index contributed by atoms with van der Waals surface area (Å²) < 4.78 is 27.3. The number of para-hydroxylation sites is 1. The highest BCUT2D eigenvalue weighted by molar-refractivity contribution is 7.92. The normalized spacial score (nSPS) is 11.0. The number of rotatable bonds is 5. The molecule has 0 fully saturated rings. The fourth-order valence-corrected chi connectivity index (χ4v) is 3.40. The molecule has 3 rings (SSSR count). The van der Waals surface area contributed by atoms with Crippen molar-refractivity contribution in [3.63, 3.8) is 0 Å². The van der Waals surface area contributed by atoms with Crippen LogP contribution in [0.25, 0.3) is 0 Å². The van der Waals surface area contributed by atoms with E-state index in [-0.39, 0.29) is 16.3 Å². The molecule has 7 nitrogen and oxygen atoms in total. The molecule has 0 aliphatic carbocycles. The van der Waals surface area contributed by atoms with E-state index in [2.05, 4.69) is 20.0 Å². The number of benzene rings is 2. The Morgan fingerprint density at radius 1 is 1.00 bits per heavy atom. The Balaban J connectivity index is 1.74. The molecular weight excluding hydrogens is 376 g/mol. The van der Waals surface area contributed by atoms with Crippen LogP contribution in [-0.2, 0) is 10.0 Å². The van der Waals surface area contributed by atoms with E-state index >= 15 is 0 Å². The van der Waals surface area contributed by atoms with Crippen LogP contribution >= 0.6 is 11.6 Å². The summed E-state index contributed by atoms with van der Waals surface area (Å²) in [4.78, 5) is 19.7. The first kappa shape index (κ1) is 17.8. The molecule has 1 amide bonds. The molecule has 2 aromatic carbocycles. The van der Waals surface area contributed by atoms with Crippen LogP contribution in [-0.4, -0.2) is 24.3 Å². The van der Waals surface area contributed by atoms with E-state index in [4.69, 9.17) is 11.6 Å². The molecule has 0 aliphatic heterocycles. The van der Waals surface area contributed by atoms with Gasteiger partial charge in [0.05, 0.1) is 15.6 Å². The monoisotopic (exact) mass is 388 g/mol. The van der Waals surface area contributed by atoms with Crippen molar-refractivity contribution >= 4 is 38.9 Å². The van der Waals surface area contributed by atoms with Gasteiger partial charge in [-0.05, 0) is 42.5 Å². The van der Waals surface area contributed by atoms with Gasteiger partial charge in [-0.15, -0.1) is 0 Å². The summed E-state index contributed by atoms with van der Waals surface area (Å²) in [6, 6.07) is 13.7. The first-order valence-corrected chi connectivity index (χ1v) is 9.26. The first-order chi connectivity index (χ1) is 12.5. The molecule has 0 aliphatic rings. The third-order valence-electron chi connectivity index (χ3n) is 3.36. The Morgan fingerprint density at radius 3 is 2.38 bits per heavy atom. The molecule has 1 heterocycles. The van der Waals surface area contributed by atoms with Crippen LogP contribution in [0.5, 0.6) is 0 Å². The van der Waals surface area contributed by atoms with Gasteiger partial charge in [-0.3, -0.25) is 9.52 Å². The van der Waals surface area contributed by atoms with Crippen molar-refractivity contribution < 1.29 is 13.2 Å². The fraction of sp³-hybridized carbons (Fsp3) is 0. The standard InChI is InChI=1S/C17H13ClN4O3S/c18-14-3-1-2-4-15(14)22-26(24,25)13-7-5-12(6-8-13)21-17(23)16-9-10-19-11-20-16/h1-11,22H,(H,21,23). The van der Waals surface area contributed by atoms with Gasteiger partial charge in [0.25, 0.3) is 15.9 Å². The van der Waals surface area contributed by atoms with Gasteiger partial charge >= 0.3 is 0 Å². The SMILES string of the molecule is O=C(Nc1ccc(S(=O)(=O)Nc2ccccc2Cl)cc1)c1ccncn1. The Morgan fingerprint density at radius 2 is 1.73 bits per heavy atom. The van der Waals surface area contributed by atoms with Crippen LogP contribution in [0.3, 0.4) is 0 Å². The molecule has 0 spiro atoms. The zero-order valence-corrected chi connectivity index (χ0v) is 14.8. The number of nitrogens with zero attached hydrogens (tertiary/aromatic N) is 2. The number of carbonyl (C=O) groups is 1. The van der Waals surface area contributed by atoms with Crippen molar-refractivity contribution in [2.45, 2.75) is 4.90 Å². The van der Waals surface area contributed by atoms with Crippen LogP contribution in [0.4, 0.5) is 11.4 Å². The van der Waals surface area contributed by atoms with Gasteiger partial charge in [0.1, 0.15) is 12.0 Å². The average Bonchev–Trinajstić information content (AvgIpc) is 2.65. The average molecular weight is 389 g/mol. The summed E-state index contributed by atoms with van der Waals surface area (Å²) in [5, 5.41) is 2.93. The number of sulfonamides is 1. The summed E-state index contributed by atoms with van der Waals surface area (Å²) >= 11 is 5.97. The lowest BCUT2D eigenvalue weighted by Crippen LogP contribution is -2.15. The number of aromatic nitrogens is 2. The van der Waals surface area contributed by atoms with E-state index in [1.807, 2.05) is 0 Å². The molecule has 26 heavy (non-hydrogen) atoms. The Labute approximate surface area is 155 Å². The summed E-state index contributed by atoms with van der Waals surface area (Å²) in [5.41, 5.74) is 0.928. The summed E-state index contributed by atoms with van der Waals surface area (Å²) in [7, 11) is -3.80. The van der Waals surface area contributed by atoms with Crippen LogP contribution in [0.2, 0.25) is 5.02 Å². The topological polar surface area (TPSA) is 101 Å². The maximum Gasteiger partial charge on any atom is 0.274 e. The molecular formula is C17H13ClN4O3S. The van der Waals surface area contributed by atoms with Gasteiger partial charge in [0, 0.05) is 11.9 Å². The number of anilines is 2. The second kappa shape index (κ2) is 7.51. The lowest BCUT2D eigenvalue weighted by Gasteiger charge is -2.10. The molecule has 3 aromatic rings. The van der Waals surface area contributed by atoms with Crippen molar-refractivity contribution in [3.8, 4) is 0 Å². The largest absolute Gasteiger partial charge is 0.321 e. The predicted octanol–water partition coefficient (Wildman–Crippen LogP) is 3.18. The van der Waals surface area contributed by atoms with E-state index in [0.717, 1.165) is 0 Å². The summed E-state index contributed by atoms with van der Waals surface area (Å²) in [5.74, 6) is -0.419. The van der Waals surface area contributed by atoms with Crippen LogP contribution in [0.15, 0.2) is 72.0 Å². The van der Waals surface area contributed by atoms with E-state index in [1.54, 1.807) is 24.3 Å². The molecule has 0 bridgehead atoms. The highest BCUT2D eigenvalue weighted by Crippen LogP contribution is 2.24. The zero-order valence-electron chi connectivity index (χ0n) is 13.3. The number of halogens is 1. The molecule has 132 valence electrons. The van der Waals surface area contributed by atoms with Crippen molar-refractivity contribution in [3.05, 3.63) is 77.8 Å². The molecule has 1 aromatic heterocycles. The Kier molecular flexibility index (Phi) is 5.15. The second-order valence-electron chi connectivity index (χ2n) is 5.16. The summed E-state index contributed by atoms with van der Waals surface area (Å²) in [6.45, 7) is 0. The van der Waals surface area contributed by atoms with Gasteiger partial charge in [-0.25, -0.2) is 18.4 Å². The smallest absolute Gasteiger partial charge is 0.274 e.